The summed E-state index contributed by atoms with van der Waals surface area (Å²) in [5.41, 5.74) is 1.03. The maximum atomic E-state index is 9.65. The SMILES string of the molecule is O=C=[N+]=C1CCCC1. The Balaban J connectivity index is 2.72. The largest absolute Gasteiger partial charge is 0.567 e. The molecule has 1 aliphatic rings. The Kier molecular flexibility index (Phi) is 1.63. The first kappa shape index (κ1) is 5.30. The zero-order chi connectivity index (χ0) is 5.82. The molecule has 1 fully saturated rings. The van der Waals surface area contributed by atoms with Gasteiger partial charge in [0.15, 0.2) is 0 Å². The Labute approximate surface area is 48.0 Å². The van der Waals surface area contributed by atoms with Crippen LogP contribution < -0.4 is 4.67 Å². The van der Waals surface area contributed by atoms with Crippen LogP contribution in [0.2, 0.25) is 0 Å². The summed E-state index contributed by atoms with van der Waals surface area (Å²) >= 11 is 0. The van der Waals surface area contributed by atoms with Crippen LogP contribution in [0.4, 0.5) is 0 Å². The molecule has 0 aromatic carbocycles. The van der Waals surface area contributed by atoms with E-state index in [1.807, 2.05) is 0 Å². The summed E-state index contributed by atoms with van der Waals surface area (Å²) in [6.07, 6.45) is 5.96. The normalized spacial score (nSPS) is 17.8. The third-order valence-corrected chi connectivity index (χ3v) is 1.38. The lowest BCUT2D eigenvalue weighted by Crippen LogP contribution is -1.91. The minimum atomic E-state index is 1.01. The Hall–Kier alpha value is -0.840. The third-order valence-electron chi connectivity index (χ3n) is 1.38. The predicted molar refractivity (Wildman–Crippen MR) is 31.3 cm³/mol. The van der Waals surface area contributed by atoms with Crippen LogP contribution in [0.3, 0.4) is 0 Å². The lowest BCUT2D eigenvalue weighted by molar-refractivity contribution is 0.564. The van der Waals surface area contributed by atoms with Gasteiger partial charge in [0, 0.05) is 17.5 Å². The van der Waals surface area contributed by atoms with Crippen molar-refractivity contribution in [1.82, 2.24) is 4.67 Å². The van der Waals surface area contributed by atoms with E-state index in [2.05, 4.69) is 4.67 Å². The van der Waals surface area contributed by atoms with E-state index in [9.17, 15) is 4.79 Å². The van der Waals surface area contributed by atoms with Gasteiger partial charge in [-0.3, -0.25) is 0 Å². The fourth-order valence-electron chi connectivity index (χ4n) is 0.959. The van der Waals surface area contributed by atoms with E-state index in [1.165, 1.54) is 12.8 Å². The quantitative estimate of drug-likeness (QED) is 0.252. The molecule has 2 heteroatoms. The van der Waals surface area contributed by atoms with Crippen molar-refractivity contribution in [2.75, 3.05) is 0 Å². The van der Waals surface area contributed by atoms with E-state index in [0.29, 0.717) is 0 Å². The highest BCUT2D eigenvalue weighted by Crippen LogP contribution is 2.11. The summed E-state index contributed by atoms with van der Waals surface area (Å²) in [4.78, 5) is 9.65. The van der Waals surface area contributed by atoms with Crippen molar-refractivity contribution < 1.29 is 4.79 Å². The fourth-order valence-corrected chi connectivity index (χ4v) is 0.959. The van der Waals surface area contributed by atoms with Crippen molar-refractivity contribution in [3.8, 4) is 0 Å². The van der Waals surface area contributed by atoms with Crippen LogP contribution in [0, 0.1) is 0 Å². The van der Waals surface area contributed by atoms with E-state index in [1.54, 1.807) is 6.08 Å². The molecule has 0 radical (unpaired) electrons. The van der Waals surface area contributed by atoms with Gasteiger partial charge in [0.25, 0.3) is 5.71 Å². The minimum Gasteiger partial charge on any atom is -0.145 e. The van der Waals surface area contributed by atoms with Gasteiger partial charge in [-0.05, 0) is 12.8 Å². The van der Waals surface area contributed by atoms with Crippen molar-refractivity contribution >= 4 is 11.8 Å². The second-order valence-electron chi connectivity index (χ2n) is 1.98. The molecule has 2 nitrogen and oxygen atoms in total. The summed E-state index contributed by atoms with van der Waals surface area (Å²) in [7, 11) is 0. The molecule has 0 aliphatic heterocycles. The predicted octanol–water partition coefficient (Wildman–Crippen LogP) is 0.404. The van der Waals surface area contributed by atoms with Crippen LogP contribution in [-0.4, -0.2) is 11.8 Å². The molecule has 1 aliphatic carbocycles. The van der Waals surface area contributed by atoms with Gasteiger partial charge < -0.3 is 0 Å². The summed E-state index contributed by atoms with van der Waals surface area (Å²) in [5, 5.41) is 0. The van der Waals surface area contributed by atoms with Gasteiger partial charge in [0.2, 0.25) is 0 Å². The van der Waals surface area contributed by atoms with Crippen molar-refractivity contribution in [2.45, 2.75) is 25.7 Å². The Morgan fingerprint density at radius 1 is 1.38 bits per heavy atom. The lowest BCUT2D eigenvalue weighted by atomic mass is 10.3. The highest BCUT2D eigenvalue weighted by atomic mass is 16.1. The van der Waals surface area contributed by atoms with Crippen molar-refractivity contribution in [3.63, 3.8) is 0 Å². The Morgan fingerprint density at radius 3 is 2.50 bits per heavy atom. The Bertz CT molecular complexity index is 153. The van der Waals surface area contributed by atoms with Crippen LogP contribution in [0.15, 0.2) is 0 Å². The molecule has 0 unspecified atom stereocenters. The number of carbonyl (C=O) groups excluding carboxylic acids is 1. The average Bonchev–Trinajstić information content (AvgIpc) is 2.19. The fraction of sp³-hybridized carbons (Fsp3) is 0.667. The van der Waals surface area contributed by atoms with Crippen molar-refractivity contribution in [2.24, 2.45) is 0 Å². The Morgan fingerprint density at radius 2 is 2.00 bits per heavy atom. The van der Waals surface area contributed by atoms with Crippen LogP contribution in [-0.2, 0) is 4.79 Å². The molecular formula is C6H8NO+. The highest BCUT2D eigenvalue weighted by molar-refractivity contribution is 5.86. The van der Waals surface area contributed by atoms with Crippen molar-refractivity contribution in [3.05, 3.63) is 0 Å². The molecule has 0 aromatic heterocycles. The molecule has 0 N–H and O–H groups in total. The van der Waals surface area contributed by atoms with E-state index >= 15 is 0 Å². The maximum absolute atomic E-state index is 9.65. The first-order valence-corrected chi connectivity index (χ1v) is 2.86. The zero-order valence-corrected chi connectivity index (χ0v) is 4.68. The summed E-state index contributed by atoms with van der Waals surface area (Å²) < 4.78 is 3.53. The van der Waals surface area contributed by atoms with Crippen LogP contribution in [0.5, 0.6) is 0 Å². The van der Waals surface area contributed by atoms with Crippen LogP contribution >= 0.6 is 0 Å². The van der Waals surface area contributed by atoms with Gasteiger partial charge in [-0.25, -0.2) is 0 Å². The third kappa shape index (κ3) is 1.06. The molecule has 8 heavy (non-hydrogen) atoms. The van der Waals surface area contributed by atoms with E-state index < -0.39 is 0 Å². The number of isocyanates is 1. The van der Waals surface area contributed by atoms with E-state index in [-0.39, 0.29) is 0 Å². The molecule has 42 valence electrons. The molecule has 0 amide bonds. The minimum absolute atomic E-state index is 1.01. The number of hydrogen-bond acceptors (Lipinski definition) is 1. The first-order chi connectivity index (χ1) is 3.93. The van der Waals surface area contributed by atoms with Gasteiger partial charge in [-0.15, -0.1) is 4.79 Å². The van der Waals surface area contributed by atoms with Gasteiger partial charge in [-0.2, -0.15) is 0 Å². The van der Waals surface area contributed by atoms with Crippen LogP contribution in [0.1, 0.15) is 25.7 Å². The van der Waals surface area contributed by atoms with Gasteiger partial charge in [0.05, 0.1) is 0 Å². The van der Waals surface area contributed by atoms with Crippen molar-refractivity contribution in [1.29, 1.82) is 0 Å². The van der Waals surface area contributed by atoms with Crippen LogP contribution in [0.25, 0.3) is 0 Å². The summed E-state index contributed by atoms with van der Waals surface area (Å²) in [6.45, 7) is 0. The standard InChI is InChI=1S/C6H8NO/c8-5-7-6-3-1-2-4-6/h1-4H2/q+1. The second kappa shape index (κ2) is 2.46. The molecule has 0 aromatic rings. The maximum Gasteiger partial charge on any atom is 0.567 e. The highest BCUT2D eigenvalue weighted by Gasteiger charge is 2.16. The molecule has 0 saturated heterocycles. The molecule has 1 rings (SSSR count). The smallest absolute Gasteiger partial charge is 0.145 e. The van der Waals surface area contributed by atoms with E-state index in [0.717, 1.165) is 18.6 Å². The number of rotatable bonds is 0. The van der Waals surface area contributed by atoms with Gasteiger partial charge in [0.1, 0.15) is 0 Å². The van der Waals surface area contributed by atoms with Gasteiger partial charge in [-0.1, -0.05) is 0 Å². The molecule has 0 heterocycles. The van der Waals surface area contributed by atoms with E-state index in [4.69, 9.17) is 0 Å². The molecule has 1 saturated carbocycles. The number of hydrogen-bond donors (Lipinski definition) is 0. The van der Waals surface area contributed by atoms with Gasteiger partial charge >= 0.3 is 6.08 Å². The molecule has 0 atom stereocenters. The first-order valence-electron chi connectivity index (χ1n) is 2.86. The molecular weight excluding hydrogens is 102 g/mol. The number of nitrogens with zero attached hydrogens (tertiary/aromatic N) is 1. The average molecular weight is 110 g/mol. The zero-order valence-electron chi connectivity index (χ0n) is 4.68. The molecule has 0 bridgehead atoms. The summed E-state index contributed by atoms with van der Waals surface area (Å²) in [6, 6.07) is 0. The topological polar surface area (TPSA) is 31.2 Å². The monoisotopic (exact) mass is 110 g/mol. The lowest BCUT2D eigenvalue weighted by Gasteiger charge is -1.64. The molecule has 0 spiro atoms. The second-order valence-corrected chi connectivity index (χ2v) is 1.98. The summed E-state index contributed by atoms with van der Waals surface area (Å²) in [5.74, 6) is 0.